The number of aromatic amines is 1. The number of benzene rings is 1. The number of hydrogen-bond acceptors (Lipinski definition) is 3. The first kappa shape index (κ1) is 13.8. The number of hydrogen-bond donors (Lipinski definition) is 1. The van der Waals surface area contributed by atoms with Gasteiger partial charge < -0.3 is 0 Å². The molecule has 0 spiro atoms. The third-order valence-electron chi connectivity index (χ3n) is 2.46. The number of carbonyl (C=O) groups excluding carboxylic acids is 1. The highest BCUT2D eigenvalue weighted by molar-refractivity contribution is 9.10. The number of aromatic nitrogens is 2. The number of ketones is 1. The SMILES string of the molecule is O=C(Cn1cc(Cl)c(=O)[nH]c1=O)c1ccccc1Br. The predicted octanol–water partition coefficient (Wildman–Crippen LogP) is 1.84. The molecule has 19 heavy (non-hydrogen) atoms. The zero-order valence-electron chi connectivity index (χ0n) is 9.52. The highest BCUT2D eigenvalue weighted by Crippen LogP contribution is 2.16. The van der Waals surface area contributed by atoms with E-state index >= 15 is 0 Å². The molecule has 0 aliphatic carbocycles. The van der Waals surface area contributed by atoms with E-state index in [1.54, 1.807) is 24.3 Å². The summed E-state index contributed by atoms with van der Waals surface area (Å²) in [5.41, 5.74) is -0.886. The van der Waals surface area contributed by atoms with Gasteiger partial charge in [-0.1, -0.05) is 45.7 Å². The minimum Gasteiger partial charge on any atom is -0.292 e. The Hall–Kier alpha value is -1.66. The molecule has 0 amide bonds. The first-order valence-electron chi connectivity index (χ1n) is 5.26. The Morgan fingerprint density at radius 2 is 2.00 bits per heavy atom. The van der Waals surface area contributed by atoms with Crippen LogP contribution in [0.25, 0.3) is 0 Å². The topological polar surface area (TPSA) is 71.9 Å². The lowest BCUT2D eigenvalue weighted by atomic mass is 10.1. The van der Waals surface area contributed by atoms with Crippen LogP contribution < -0.4 is 11.2 Å². The molecule has 0 saturated carbocycles. The molecule has 2 aromatic rings. The second-order valence-corrected chi connectivity index (χ2v) is 5.03. The number of halogens is 2. The van der Waals surface area contributed by atoms with Crippen molar-refractivity contribution >= 4 is 33.3 Å². The Labute approximate surface area is 121 Å². The van der Waals surface area contributed by atoms with Crippen LogP contribution in [-0.4, -0.2) is 15.3 Å². The van der Waals surface area contributed by atoms with Crippen LogP contribution in [-0.2, 0) is 6.54 Å². The molecule has 0 unspecified atom stereocenters. The summed E-state index contributed by atoms with van der Waals surface area (Å²) < 4.78 is 1.70. The molecule has 0 bridgehead atoms. The molecule has 7 heteroatoms. The van der Waals surface area contributed by atoms with Gasteiger partial charge in [-0.3, -0.25) is 19.1 Å². The maximum atomic E-state index is 12.1. The van der Waals surface area contributed by atoms with Crippen LogP contribution in [0, 0.1) is 0 Å². The van der Waals surface area contributed by atoms with Gasteiger partial charge in [0.05, 0.1) is 6.54 Å². The summed E-state index contributed by atoms with van der Waals surface area (Å²) in [7, 11) is 0. The monoisotopic (exact) mass is 342 g/mol. The molecule has 1 heterocycles. The van der Waals surface area contributed by atoms with E-state index in [0.717, 1.165) is 10.8 Å². The van der Waals surface area contributed by atoms with Crippen LogP contribution in [0.4, 0.5) is 0 Å². The quantitative estimate of drug-likeness (QED) is 0.864. The van der Waals surface area contributed by atoms with Crippen LogP contribution in [0.3, 0.4) is 0 Å². The highest BCUT2D eigenvalue weighted by atomic mass is 79.9. The molecule has 98 valence electrons. The van der Waals surface area contributed by atoms with Gasteiger partial charge in [-0.2, -0.15) is 0 Å². The van der Waals surface area contributed by atoms with E-state index in [1.807, 2.05) is 4.98 Å². The lowest BCUT2D eigenvalue weighted by Gasteiger charge is -2.06. The Morgan fingerprint density at radius 3 is 2.68 bits per heavy atom. The summed E-state index contributed by atoms with van der Waals surface area (Å²) in [6.45, 7) is -0.196. The van der Waals surface area contributed by atoms with Crippen molar-refractivity contribution in [1.29, 1.82) is 0 Å². The number of H-pyrrole nitrogens is 1. The third kappa shape index (κ3) is 3.02. The van der Waals surface area contributed by atoms with Crippen LogP contribution in [0.5, 0.6) is 0 Å². The van der Waals surface area contributed by atoms with Gasteiger partial charge in [0.2, 0.25) is 0 Å². The number of nitrogens with zero attached hydrogens (tertiary/aromatic N) is 1. The van der Waals surface area contributed by atoms with Crippen molar-refractivity contribution in [3.05, 3.63) is 66.4 Å². The second kappa shape index (κ2) is 5.54. The van der Waals surface area contributed by atoms with Gasteiger partial charge in [0.15, 0.2) is 5.78 Å². The minimum absolute atomic E-state index is 0.139. The van der Waals surface area contributed by atoms with Gasteiger partial charge in [0.1, 0.15) is 5.02 Å². The number of carbonyl (C=O) groups is 1. The van der Waals surface area contributed by atoms with Crippen LogP contribution >= 0.6 is 27.5 Å². The maximum absolute atomic E-state index is 12.1. The van der Waals surface area contributed by atoms with E-state index in [9.17, 15) is 14.4 Å². The average Bonchev–Trinajstić information content (AvgIpc) is 2.36. The van der Waals surface area contributed by atoms with Crippen LogP contribution in [0.1, 0.15) is 10.4 Å². The normalized spacial score (nSPS) is 10.4. The first-order valence-corrected chi connectivity index (χ1v) is 6.43. The summed E-state index contributed by atoms with van der Waals surface area (Å²) in [5, 5.41) is -0.139. The summed E-state index contributed by atoms with van der Waals surface area (Å²) in [6.07, 6.45) is 1.15. The molecule has 0 radical (unpaired) electrons. The lowest BCUT2D eigenvalue weighted by molar-refractivity contribution is 0.0969. The van der Waals surface area contributed by atoms with Crippen LogP contribution in [0.15, 0.2) is 44.5 Å². The van der Waals surface area contributed by atoms with E-state index in [4.69, 9.17) is 11.6 Å². The van der Waals surface area contributed by atoms with Gasteiger partial charge in [0, 0.05) is 16.2 Å². The summed E-state index contributed by atoms with van der Waals surface area (Å²) in [5.74, 6) is -0.266. The van der Waals surface area contributed by atoms with Crippen molar-refractivity contribution in [1.82, 2.24) is 9.55 Å². The molecule has 0 fully saturated rings. The fraction of sp³-hybridized carbons (Fsp3) is 0.0833. The zero-order chi connectivity index (χ0) is 14.0. The zero-order valence-corrected chi connectivity index (χ0v) is 11.9. The summed E-state index contributed by atoms with van der Waals surface area (Å²) in [6, 6.07) is 6.88. The van der Waals surface area contributed by atoms with Crippen molar-refractivity contribution in [3.8, 4) is 0 Å². The lowest BCUT2D eigenvalue weighted by Crippen LogP contribution is -2.31. The van der Waals surface area contributed by atoms with Gasteiger partial charge in [-0.15, -0.1) is 0 Å². The number of Topliss-reactive ketones (excluding diaryl/α,β-unsaturated/α-hetero) is 1. The molecule has 0 atom stereocenters. The molecule has 2 rings (SSSR count). The fourth-order valence-electron chi connectivity index (χ4n) is 1.53. The number of nitrogens with one attached hydrogen (secondary N) is 1. The smallest absolute Gasteiger partial charge is 0.292 e. The van der Waals surface area contributed by atoms with Gasteiger partial charge in [-0.25, -0.2) is 4.79 Å². The maximum Gasteiger partial charge on any atom is 0.328 e. The van der Waals surface area contributed by atoms with E-state index in [2.05, 4.69) is 15.9 Å². The molecular weight excluding hydrogens is 336 g/mol. The predicted molar refractivity (Wildman–Crippen MR) is 74.8 cm³/mol. The molecule has 0 aliphatic heterocycles. The molecule has 1 N–H and O–H groups in total. The van der Waals surface area contributed by atoms with Gasteiger partial charge in [0.25, 0.3) is 5.56 Å². The van der Waals surface area contributed by atoms with E-state index in [-0.39, 0.29) is 17.4 Å². The largest absolute Gasteiger partial charge is 0.328 e. The first-order chi connectivity index (χ1) is 8.99. The molecule has 5 nitrogen and oxygen atoms in total. The summed E-state index contributed by atoms with van der Waals surface area (Å²) >= 11 is 8.89. The fourth-order valence-corrected chi connectivity index (χ4v) is 2.20. The van der Waals surface area contributed by atoms with E-state index in [0.29, 0.717) is 10.0 Å². The Morgan fingerprint density at radius 1 is 1.32 bits per heavy atom. The standard InChI is InChI=1S/C12H8BrClN2O3/c13-8-4-2-1-3-7(8)10(17)6-16-5-9(14)11(18)15-12(16)19/h1-5H,6H2,(H,15,18,19). The Bertz CT molecular complexity index is 751. The van der Waals surface area contributed by atoms with E-state index in [1.165, 1.54) is 0 Å². The van der Waals surface area contributed by atoms with Crippen molar-refractivity contribution in [3.63, 3.8) is 0 Å². The molecule has 0 saturated heterocycles. The van der Waals surface area contributed by atoms with Crippen molar-refractivity contribution in [2.45, 2.75) is 6.54 Å². The van der Waals surface area contributed by atoms with Crippen molar-refractivity contribution in [2.75, 3.05) is 0 Å². The Kier molecular flexibility index (Phi) is 4.01. The molecule has 1 aromatic heterocycles. The highest BCUT2D eigenvalue weighted by Gasteiger charge is 2.12. The van der Waals surface area contributed by atoms with E-state index < -0.39 is 11.2 Å². The van der Waals surface area contributed by atoms with Gasteiger partial charge >= 0.3 is 5.69 Å². The van der Waals surface area contributed by atoms with Crippen molar-refractivity contribution in [2.24, 2.45) is 0 Å². The minimum atomic E-state index is -0.671. The second-order valence-electron chi connectivity index (χ2n) is 3.77. The van der Waals surface area contributed by atoms with Gasteiger partial charge in [-0.05, 0) is 6.07 Å². The average molecular weight is 344 g/mol. The summed E-state index contributed by atoms with van der Waals surface area (Å²) in [4.78, 5) is 36.7. The molecule has 0 aliphatic rings. The molecule has 1 aromatic carbocycles. The third-order valence-corrected chi connectivity index (χ3v) is 3.42. The van der Waals surface area contributed by atoms with Crippen molar-refractivity contribution < 1.29 is 4.79 Å². The Balaban J connectivity index is 2.35. The molecular formula is C12H8BrClN2O3. The number of rotatable bonds is 3. The van der Waals surface area contributed by atoms with Crippen LogP contribution in [0.2, 0.25) is 5.02 Å².